The highest BCUT2D eigenvalue weighted by atomic mass is 16.5. The molecule has 0 spiro atoms. The molecule has 3 N–H and O–H groups in total. The van der Waals surface area contributed by atoms with Crippen molar-refractivity contribution in [2.45, 2.75) is 39.7 Å². The van der Waals surface area contributed by atoms with Crippen LogP contribution in [0.3, 0.4) is 0 Å². The molecule has 0 aliphatic rings. The Kier molecular flexibility index (Phi) is 8.35. The number of H-pyrrole nitrogens is 1. The number of hydrogen-bond donors (Lipinski definition) is 3. The number of amides is 1. The Morgan fingerprint density at radius 2 is 1.71 bits per heavy atom. The lowest BCUT2D eigenvalue weighted by molar-refractivity contribution is -0.160. The standard InChI is InChI=1S/C26H30N4O5/c1-17(2)24(32)35-16-26(3,25(33)34)14-21(28-23(31)22-15-27-30-29-22)13-18-9-11-20(12-10-18)19-7-5-4-6-8-19/h4-12,15,17,21H,13-14,16H2,1-3H3,(H,28,31)(H,33,34)(H,27,29,30)/t21-,26+/m1/s1. The van der Waals surface area contributed by atoms with Gasteiger partial charge in [0, 0.05) is 6.04 Å². The van der Waals surface area contributed by atoms with Crippen LogP contribution in [-0.4, -0.2) is 51.0 Å². The third-order valence-corrected chi connectivity index (χ3v) is 5.76. The Morgan fingerprint density at radius 3 is 2.29 bits per heavy atom. The van der Waals surface area contributed by atoms with Crippen LogP contribution >= 0.6 is 0 Å². The molecule has 0 saturated heterocycles. The van der Waals surface area contributed by atoms with E-state index in [0.717, 1.165) is 16.7 Å². The van der Waals surface area contributed by atoms with Crippen molar-refractivity contribution in [1.82, 2.24) is 20.7 Å². The van der Waals surface area contributed by atoms with Gasteiger partial charge in [0.1, 0.15) is 17.7 Å². The van der Waals surface area contributed by atoms with Crippen molar-refractivity contribution in [1.29, 1.82) is 0 Å². The van der Waals surface area contributed by atoms with Crippen LogP contribution in [0.4, 0.5) is 0 Å². The van der Waals surface area contributed by atoms with E-state index < -0.39 is 29.3 Å². The number of aliphatic carboxylic acids is 1. The van der Waals surface area contributed by atoms with Gasteiger partial charge >= 0.3 is 11.9 Å². The fraction of sp³-hybridized carbons (Fsp3) is 0.346. The first-order valence-electron chi connectivity index (χ1n) is 11.4. The van der Waals surface area contributed by atoms with Crippen molar-refractivity contribution in [3.63, 3.8) is 0 Å². The summed E-state index contributed by atoms with van der Waals surface area (Å²) >= 11 is 0. The van der Waals surface area contributed by atoms with Gasteiger partial charge in [0.25, 0.3) is 5.91 Å². The minimum atomic E-state index is -1.40. The van der Waals surface area contributed by atoms with E-state index in [2.05, 4.69) is 20.7 Å². The Labute approximate surface area is 203 Å². The maximum atomic E-state index is 12.7. The first-order valence-corrected chi connectivity index (χ1v) is 11.4. The van der Waals surface area contributed by atoms with Crippen molar-refractivity contribution in [2.75, 3.05) is 6.61 Å². The summed E-state index contributed by atoms with van der Waals surface area (Å²) in [4.78, 5) is 36.8. The summed E-state index contributed by atoms with van der Waals surface area (Å²) < 4.78 is 5.26. The zero-order valence-corrected chi connectivity index (χ0v) is 20.0. The number of aromatic amines is 1. The number of rotatable bonds is 11. The van der Waals surface area contributed by atoms with Crippen LogP contribution in [0, 0.1) is 11.3 Å². The molecule has 0 aliphatic heterocycles. The zero-order valence-electron chi connectivity index (χ0n) is 20.0. The Morgan fingerprint density at radius 1 is 1.06 bits per heavy atom. The van der Waals surface area contributed by atoms with Crippen LogP contribution in [0.5, 0.6) is 0 Å². The minimum Gasteiger partial charge on any atom is -0.481 e. The van der Waals surface area contributed by atoms with E-state index in [4.69, 9.17) is 4.74 Å². The van der Waals surface area contributed by atoms with E-state index in [1.54, 1.807) is 13.8 Å². The molecular formula is C26H30N4O5. The predicted octanol–water partition coefficient (Wildman–Crippen LogP) is 3.49. The highest BCUT2D eigenvalue weighted by molar-refractivity contribution is 5.92. The second-order valence-corrected chi connectivity index (χ2v) is 9.14. The van der Waals surface area contributed by atoms with E-state index in [1.165, 1.54) is 13.1 Å². The van der Waals surface area contributed by atoms with Gasteiger partial charge in [-0.3, -0.25) is 19.5 Å². The zero-order chi connectivity index (χ0) is 25.4. The van der Waals surface area contributed by atoms with Crippen LogP contribution in [0.2, 0.25) is 0 Å². The van der Waals surface area contributed by atoms with Gasteiger partial charge in [-0.1, -0.05) is 73.7 Å². The smallest absolute Gasteiger partial charge is 0.312 e. The topological polar surface area (TPSA) is 134 Å². The molecule has 3 aromatic rings. The highest BCUT2D eigenvalue weighted by Gasteiger charge is 2.38. The minimum absolute atomic E-state index is 0.0431. The van der Waals surface area contributed by atoms with Crippen LogP contribution in [0.1, 0.15) is 43.2 Å². The number of hydrogen-bond acceptors (Lipinski definition) is 6. The molecule has 0 unspecified atom stereocenters. The number of aromatic nitrogens is 3. The number of ether oxygens (including phenoxy) is 1. The Balaban J connectivity index is 1.80. The first-order chi connectivity index (χ1) is 16.7. The molecule has 0 radical (unpaired) electrons. The summed E-state index contributed by atoms with van der Waals surface area (Å²) in [6.45, 7) is 4.57. The van der Waals surface area contributed by atoms with E-state index in [-0.39, 0.29) is 24.6 Å². The van der Waals surface area contributed by atoms with Crippen molar-refractivity contribution < 1.29 is 24.2 Å². The lowest BCUT2D eigenvalue weighted by Crippen LogP contribution is -2.45. The van der Waals surface area contributed by atoms with Gasteiger partial charge < -0.3 is 15.2 Å². The molecule has 2 aromatic carbocycles. The lowest BCUT2D eigenvalue weighted by atomic mass is 9.82. The van der Waals surface area contributed by atoms with Crippen LogP contribution in [0.15, 0.2) is 60.8 Å². The van der Waals surface area contributed by atoms with Gasteiger partial charge in [0.05, 0.1) is 12.1 Å². The third-order valence-electron chi connectivity index (χ3n) is 5.76. The predicted molar refractivity (Wildman–Crippen MR) is 129 cm³/mol. The van der Waals surface area contributed by atoms with Crippen molar-refractivity contribution in [2.24, 2.45) is 11.3 Å². The van der Waals surface area contributed by atoms with Crippen LogP contribution < -0.4 is 5.32 Å². The molecule has 9 nitrogen and oxygen atoms in total. The number of nitrogens with one attached hydrogen (secondary N) is 2. The largest absolute Gasteiger partial charge is 0.481 e. The first kappa shape index (κ1) is 25.6. The average molecular weight is 479 g/mol. The lowest BCUT2D eigenvalue weighted by Gasteiger charge is -2.30. The van der Waals surface area contributed by atoms with E-state index in [9.17, 15) is 19.5 Å². The molecule has 0 fully saturated rings. The number of carboxylic acids is 1. The Bertz CT molecular complexity index is 1130. The van der Waals surface area contributed by atoms with Gasteiger partial charge in [0.15, 0.2) is 0 Å². The fourth-order valence-electron chi connectivity index (χ4n) is 3.64. The number of carbonyl (C=O) groups excluding carboxylic acids is 2. The van der Waals surface area contributed by atoms with Gasteiger partial charge in [-0.05, 0) is 36.5 Å². The molecule has 2 atom stereocenters. The number of nitrogens with zero attached hydrogens (tertiary/aromatic N) is 2. The monoisotopic (exact) mass is 478 g/mol. The quantitative estimate of drug-likeness (QED) is 0.359. The summed E-state index contributed by atoms with van der Waals surface area (Å²) in [7, 11) is 0. The van der Waals surface area contributed by atoms with Gasteiger partial charge in [-0.2, -0.15) is 0 Å². The molecule has 0 bridgehead atoms. The van der Waals surface area contributed by atoms with E-state index in [1.807, 2.05) is 54.6 Å². The summed E-state index contributed by atoms with van der Waals surface area (Å²) in [5.41, 5.74) is 1.82. The molecule has 0 saturated carbocycles. The van der Waals surface area contributed by atoms with E-state index in [0.29, 0.717) is 6.42 Å². The second kappa shape index (κ2) is 11.4. The van der Waals surface area contributed by atoms with Gasteiger partial charge in [-0.25, -0.2) is 0 Å². The number of esters is 1. The molecule has 35 heavy (non-hydrogen) atoms. The molecule has 9 heteroatoms. The molecule has 1 aromatic heterocycles. The third kappa shape index (κ3) is 6.99. The molecular weight excluding hydrogens is 448 g/mol. The maximum absolute atomic E-state index is 12.7. The summed E-state index contributed by atoms with van der Waals surface area (Å²) in [6, 6.07) is 17.3. The summed E-state index contributed by atoms with van der Waals surface area (Å²) in [6.07, 6.45) is 1.71. The van der Waals surface area contributed by atoms with Crippen molar-refractivity contribution in [3.05, 3.63) is 72.1 Å². The van der Waals surface area contributed by atoms with Crippen LogP contribution in [0.25, 0.3) is 11.1 Å². The number of carbonyl (C=O) groups is 3. The fourth-order valence-corrected chi connectivity index (χ4v) is 3.64. The molecule has 184 valence electrons. The Hall–Kier alpha value is -4.01. The maximum Gasteiger partial charge on any atom is 0.312 e. The van der Waals surface area contributed by atoms with Gasteiger partial charge in [-0.15, -0.1) is 5.10 Å². The number of carboxylic acid groups (broad SMARTS) is 1. The van der Waals surface area contributed by atoms with Gasteiger partial charge in [0.2, 0.25) is 0 Å². The van der Waals surface area contributed by atoms with Crippen molar-refractivity contribution in [3.8, 4) is 11.1 Å². The van der Waals surface area contributed by atoms with E-state index >= 15 is 0 Å². The highest BCUT2D eigenvalue weighted by Crippen LogP contribution is 2.27. The second-order valence-electron chi connectivity index (χ2n) is 9.14. The molecule has 3 rings (SSSR count). The van der Waals surface area contributed by atoms with Crippen molar-refractivity contribution >= 4 is 17.8 Å². The molecule has 0 aliphatic carbocycles. The summed E-state index contributed by atoms with van der Waals surface area (Å²) in [5.74, 6) is -2.42. The normalized spacial score (nSPS) is 13.6. The average Bonchev–Trinajstić information content (AvgIpc) is 3.38. The SMILES string of the molecule is CC(C)C(=O)OC[C@](C)(C[C@@H](Cc1ccc(-c2ccccc2)cc1)NC(=O)c1cnn[nH]1)C(=O)O. The summed E-state index contributed by atoms with van der Waals surface area (Å²) in [5, 5.41) is 22.5. The molecule has 1 amide bonds. The number of benzene rings is 2. The van der Waals surface area contributed by atoms with Crippen LogP contribution in [-0.2, 0) is 20.7 Å². The molecule has 1 heterocycles.